The van der Waals surface area contributed by atoms with Crippen LogP contribution in [0.5, 0.6) is 5.75 Å². The molecule has 0 bridgehead atoms. The molecule has 1 atom stereocenters. The summed E-state index contributed by atoms with van der Waals surface area (Å²) < 4.78 is 6.66. The van der Waals surface area contributed by atoms with E-state index in [9.17, 15) is 0 Å². The molecule has 17 heavy (non-hydrogen) atoms. The van der Waals surface area contributed by atoms with Crippen LogP contribution in [0.1, 0.15) is 39.2 Å². The highest BCUT2D eigenvalue weighted by Crippen LogP contribution is 2.26. The molecule has 3 heteroatoms. The number of hydrogen-bond acceptors (Lipinski definition) is 2. The van der Waals surface area contributed by atoms with E-state index >= 15 is 0 Å². The van der Waals surface area contributed by atoms with Crippen LogP contribution in [0.25, 0.3) is 0 Å². The lowest BCUT2D eigenvalue weighted by Crippen LogP contribution is -2.24. The van der Waals surface area contributed by atoms with E-state index in [1.807, 2.05) is 6.07 Å². The average Bonchev–Trinajstić information content (AvgIpc) is 2.34. The van der Waals surface area contributed by atoms with Gasteiger partial charge in [-0.2, -0.15) is 0 Å². The van der Waals surface area contributed by atoms with E-state index in [0.29, 0.717) is 6.04 Å². The highest BCUT2D eigenvalue weighted by atomic mass is 79.9. The Morgan fingerprint density at radius 2 is 2.12 bits per heavy atom. The maximum absolute atomic E-state index is 5.62. The molecule has 0 heterocycles. The normalized spacial score (nSPS) is 12.5. The van der Waals surface area contributed by atoms with Gasteiger partial charge in [-0.1, -0.05) is 19.9 Å². The summed E-state index contributed by atoms with van der Waals surface area (Å²) in [6.07, 6.45) is 2.18. The third kappa shape index (κ3) is 5.09. The fraction of sp³-hybridized carbons (Fsp3) is 0.571. The Morgan fingerprint density at radius 3 is 2.71 bits per heavy atom. The Hall–Kier alpha value is -0.540. The second-order valence-corrected chi connectivity index (χ2v) is 5.16. The highest BCUT2D eigenvalue weighted by molar-refractivity contribution is 9.10. The lowest BCUT2D eigenvalue weighted by molar-refractivity contribution is 0.315. The predicted octanol–water partition coefficient (Wildman–Crippen LogP) is 4.13. The van der Waals surface area contributed by atoms with E-state index < -0.39 is 0 Å². The second kappa shape index (κ2) is 7.72. The van der Waals surface area contributed by atoms with Crippen LogP contribution in [0.15, 0.2) is 22.7 Å². The zero-order valence-electron chi connectivity index (χ0n) is 10.9. The molecule has 0 saturated heterocycles. The summed E-state index contributed by atoms with van der Waals surface area (Å²) in [4.78, 5) is 0. The molecule has 0 aliphatic rings. The number of halogens is 1. The molecular weight excluding hydrogens is 278 g/mol. The van der Waals surface area contributed by atoms with Gasteiger partial charge < -0.3 is 10.1 Å². The molecule has 0 spiro atoms. The zero-order valence-corrected chi connectivity index (χ0v) is 12.5. The SMILES string of the molecule is CCCOc1ccc(CN[C@@H](C)CC)cc1Br. The summed E-state index contributed by atoms with van der Waals surface area (Å²) >= 11 is 3.55. The predicted molar refractivity (Wildman–Crippen MR) is 76.5 cm³/mol. The van der Waals surface area contributed by atoms with Gasteiger partial charge in [0.15, 0.2) is 0 Å². The minimum absolute atomic E-state index is 0.560. The first-order chi connectivity index (χ1) is 8.17. The summed E-state index contributed by atoms with van der Waals surface area (Å²) in [6.45, 7) is 8.17. The fourth-order valence-corrected chi connectivity index (χ4v) is 1.96. The molecule has 0 radical (unpaired) electrons. The van der Waals surface area contributed by atoms with Crippen molar-refractivity contribution in [2.75, 3.05) is 6.61 Å². The van der Waals surface area contributed by atoms with Crippen molar-refractivity contribution in [1.29, 1.82) is 0 Å². The van der Waals surface area contributed by atoms with E-state index in [2.05, 4.69) is 54.2 Å². The van der Waals surface area contributed by atoms with Crippen LogP contribution in [0.4, 0.5) is 0 Å². The fourth-order valence-electron chi connectivity index (χ4n) is 1.42. The van der Waals surface area contributed by atoms with Crippen LogP contribution in [0.3, 0.4) is 0 Å². The highest BCUT2D eigenvalue weighted by Gasteiger charge is 2.03. The molecule has 0 unspecified atom stereocenters. The Kier molecular flexibility index (Phi) is 6.60. The molecule has 0 saturated carbocycles. The molecule has 1 aromatic rings. The lowest BCUT2D eigenvalue weighted by atomic mass is 10.2. The van der Waals surface area contributed by atoms with Gasteiger partial charge >= 0.3 is 0 Å². The largest absolute Gasteiger partial charge is 0.492 e. The summed E-state index contributed by atoms with van der Waals surface area (Å²) in [5.74, 6) is 0.930. The van der Waals surface area contributed by atoms with Gasteiger partial charge in [-0.15, -0.1) is 0 Å². The number of ether oxygens (including phenoxy) is 1. The quantitative estimate of drug-likeness (QED) is 0.817. The lowest BCUT2D eigenvalue weighted by Gasteiger charge is -2.12. The maximum atomic E-state index is 5.62. The summed E-state index contributed by atoms with van der Waals surface area (Å²) in [7, 11) is 0. The van der Waals surface area contributed by atoms with E-state index in [1.165, 1.54) is 5.56 Å². The van der Waals surface area contributed by atoms with Crippen LogP contribution < -0.4 is 10.1 Å². The van der Waals surface area contributed by atoms with Crippen LogP contribution in [0, 0.1) is 0 Å². The number of nitrogens with one attached hydrogen (secondary N) is 1. The third-order valence-corrected chi connectivity index (χ3v) is 3.34. The Balaban J connectivity index is 2.55. The van der Waals surface area contributed by atoms with Gasteiger partial charge in [0, 0.05) is 12.6 Å². The van der Waals surface area contributed by atoms with Crippen molar-refractivity contribution in [2.45, 2.75) is 46.2 Å². The van der Waals surface area contributed by atoms with Crippen molar-refractivity contribution in [3.05, 3.63) is 28.2 Å². The van der Waals surface area contributed by atoms with Crippen LogP contribution in [0.2, 0.25) is 0 Å². The summed E-state index contributed by atoms with van der Waals surface area (Å²) in [5.41, 5.74) is 1.28. The first kappa shape index (κ1) is 14.5. The molecule has 2 nitrogen and oxygen atoms in total. The van der Waals surface area contributed by atoms with E-state index in [1.54, 1.807) is 0 Å². The van der Waals surface area contributed by atoms with Crippen LogP contribution in [-0.4, -0.2) is 12.6 Å². The van der Waals surface area contributed by atoms with Crippen molar-refractivity contribution >= 4 is 15.9 Å². The average molecular weight is 300 g/mol. The molecule has 1 rings (SSSR count). The smallest absolute Gasteiger partial charge is 0.133 e. The van der Waals surface area contributed by atoms with Gasteiger partial charge in [0.05, 0.1) is 11.1 Å². The molecule has 0 aromatic heterocycles. The van der Waals surface area contributed by atoms with Crippen LogP contribution >= 0.6 is 15.9 Å². The first-order valence-electron chi connectivity index (χ1n) is 6.32. The zero-order chi connectivity index (χ0) is 12.7. The van der Waals surface area contributed by atoms with E-state index in [4.69, 9.17) is 4.74 Å². The van der Waals surface area contributed by atoms with Crippen molar-refractivity contribution < 1.29 is 4.74 Å². The standard InChI is InChI=1S/C14H22BrNO/c1-4-8-17-14-7-6-12(9-13(14)15)10-16-11(3)5-2/h6-7,9,11,16H,4-5,8,10H2,1-3H3/t11-/m0/s1. The molecule has 0 fully saturated rings. The molecular formula is C14H22BrNO. The molecule has 0 aliphatic heterocycles. The molecule has 96 valence electrons. The van der Waals surface area contributed by atoms with E-state index in [0.717, 1.165) is 36.2 Å². The van der Waals surface area contributed by atoms with Gasteiger partial charge in [0.2, 0.25) is 0 Å². The minimum atomic E-state index is 0.560. The van der Waals surface area contributed by atoms with Gasteiger partial charge in [-0.3, -0.25) is 0 Å². The van der Waals surface area contributed by atoms with Gasteiger partial charge in [-0.25, -0.2) is 0 Å². The Bertz CT molecular complexity index is 341. The minimum Gasteiger partial charge on any atom is -0.492 e. The maximum Gasteiger partial charge on any atom is 0.133 e. The number of benzene rings is 1. The van der Waals surface area contributed by atoms with Gasteiger partial charge in [0.25, 0.3) is 0 Å². The topological polar surface area (TPSA) is 21.3 Å². The molecule has 1 N–H and O–H groups in total. The number of hydrogen-bond donors (Lipinski definition) is 1. The molecule has 1 aromatic carbocycles. The summed E-state index contributed by atoms with van der Waals surface area (Å²) in [5, 5.41) is 3.48. The van der Waals surface area contributed by atoms with Crippen molar-refractivity contribution in [2.24, 2.45) is 0 Å². The summed E-state index contributed by atoms with van der Waals surface area (Å²) in [6, 6.07) is 6.84. The Morgan fingerprint density at radius 1 is 1.35 bits per heavy atom. The van der Waals surface area contributed by atoms with E-state index in [-0.39, 0.29) is 0 Å². The van der Waals surface area contributed by atoms with Crippen molar-refractivity contribution in [3.8, 4) is 5.75 Å². The number of rotatable bonds is 7. The molecule has 0 amide bonds. The van der Waals surface area contributed by atoms with Crippen molar-refractivity contribution in [1.82, 2.24) is 5.32 Å². The van der Waals surface area contributed by atoms with Crippen LogP contribution in [-0.2, 0) is 6.54 Å². The third-order valence-electron chi connectivity index (χ3n) is 2.73. The monoisotopic (exact) mass is 299 g/mol. The first-order valence-corrected chi connectivity index (χ1v) is 7.11. The van der Waals surface area contributed by atoms with Gasteiger partial charge in [-0.05, 0) is 53.4 Å². The Labute approximate surface area is 113 Å². The van der Waals surface area contributed by atoms with Crippen molar-refractivity contribution in [3.63, 3.8) is 0 Å². The second-order valence-electron chi connectivity index (χ2n) is 4.30. The van der Waals surface area contributed by atoms with Gasteiger partial charge in [0.1, 0.15) is 5.75 Å². The molecule has 0 aliphatic carbocycles.